The van der Waals surface area contributed by atoms with Gasteiger partial charge in [0.1, 0.15) is 11.8 Å². The standard InChI is InChI=1S/C28H28N6O3.C2H6/c1-18-23(19(2)37-32-18)16-28(36)30-21-7-8-25(20(15-21)17-29)33-11-13-34(14-12-33)26-9-10-27(35)31-24-6-4-3-5-22(24)26;1-2/h3-10,15,26H,11-14,16H2,1-2H3,(H,30,36)(H,31,35);1-2H3. The third-order valence-electron chi connectivity index (χ3n) is 6.93. The molecule has 3 heterocycles. The molecule has 0 bridgehead atoms. The smallest absolute Gasteiger partial charge is 0.248 e. The maximum atomic E-state index is 12.6. The number of piperazine rings is 1. The maximum absolute atomic E-state index is 12.6. The summed E-state index contributed by atoms with van der Waals surface area (Å²) in [6.45, 7) is 10.6. The number of aromatic nitrogens is 1. The Morgan fingerprint density at radius 3 is 2.59 bits per heavy atom. The van der Waals surface area contributed by atoms with Crippen molar-refractivity contribution in [1.82, 2.24) is 10.1 Å². The maximum Gasteiger partial charge on any atom is 0.248 e. The number of amides is 2. The summed E-state index contributed by atoms with van der Waals surface area (Å²) in [5.74, 6) is 0.320. The first kappa shape index (κ1) is 27.6. The van der Waals surface area contributed by atoms with E-state index < -0.39 is 0 Å². The van der Waals surface area contributed by atoms with E-state index in [9.17, 15) is 14.9 Å². The highest BCUT2D eigenvalue weighted by Gasteiger charge is 2.28. The quantitative estimate of drug-likeness (QED) is 0.493. The predicted molar refractivity (Wildman–Crippen MR) is 152 cm³/mol. The van der Waals surface area contributed by atoms with E-state index in [0.717, 1.165) is 48.7 Å². The average molecular weight is 527 g/mol. The molecule has 1 fully saturated rings. The number of nitrogens with one attached hydrogen (secondary N) is 2. The van der Waals surface area contributed by atoms with Crippen molar-refractivity contribution in [2.24, 2.45) is 0 Å². The summed E-state index contributed by atoms with van der Waals surface area (Å²) >= 11 is 0. The summed E-state index contributed by atoms with van der Waals surface area (Å²) < 4.78 is 5.14. The third-order valence-corrected chi connectivity index (χ3v) is 6.93. The van der Waals surface area contributed by atoms with Gasteiger partial charge in [0.2, 0.25) is 11.8 Å². The van der Waals surface area contributed by atoms with E-state index in [4.69, 9.17) is 4.52 Å². The number of hydrogen-bond donors (Lipinski definition) is 2. The molecule has 2 aliphatic heterocycles. The van der Waals surface area contributed by atoms with Crippen molar-refractivity contribution in [3.63, 3.8) is 0 Å². The van der Waals surface area contributed by atoms with Crippen LogP contribution in [0.4, 0.5) is 17.1 Å². The van der Waals surface area contributed by atoms with Gasteiger partial charge < -0.3 is 20.1 Å². The number of fused-ring (bicyclic) bond motifs is 1. The first-order valence-corrected chi connectivity index (χ1v) is 13.3. The van der Waals surface area contributed by atoms with E-state index in [-0.39, 0.29) is 24.3 Å². The third kappa shape index (κ3) is 6.19. The monoisotopic (exact) mass is 526 g/mol. The van der Waals surface area contributed by atoms with Crippen molar-refractivity contribution >= 4 is 28.9 Å². The van der Waals surface area contributed by atoms with Gasteiger partial charge in [-0.15, -0.1) is 0 Å². The highest BCUT2D eigenvalue weighted by Crippen LogP contribution is 2.33. The van der Waals surface area contributed by atoms with Gasteiger partial charge in [0.05, 0.1) is 29.4 Å². The molecular formula is C30H34N6O3. The molecule has 0 aliphatic carbocycles. The molecule has 202 valence electrons. The minimum Gasteiger partial charge on any atom is -0.368 e. The summed E-state index contributed by atoms with van der Waals surface area (Å²) in [5.41, 5.74) is 5.33. The minimum atomic E-state index is -0.190. The van der Waals surface area contributed by atoms with Crippen LogP contribution in [0.2, 0.25) is 0 Å². The molecule has 1 atom stereocenters. The topological polar surface area (TPSA) is 114 Å². The lowest BCUT2D eigenvalue weighted by Crippen LogP contribution is -2.47. The number of aryl methyl sites for hydroxylation is 2. The van der Waals surface area contributed by atoms with E-state index in [2.05, 4.69) is 37.7 Å². The lowest BCUT2D eigenvalue weighted by Gasteiger charge is -2.40. The zero-order valence-corrected chi connectivity index (χ0v) is 22.8. The fraction of sp³-hybridized carbons (Fsp3) is 0.333. The van der Waals surface area contributed by atoms with Crippen LogP contribution in [-0.4, -0.2) is 48.0 Å². The molecule has 1 saturated heterocycles. The van der Waals surface area contributed by atoms with Crippen molar-refractivity contribution in [3.05, 3.63) is 82.8 Å². The number of para-hydroxylation sites is 1. The number of anilines is 3. The van der Waals surface area contributed by atoms with Gasteiger partial charge in [-0.1, -0.05) is 43.3 Å². The van der Waals surface area contributed by atoms with Crippen molar-refractivity contribution in [3.8, 4) is 6.07 Å². The number of rotatable bonds is 5. The summed E-state index contributed by atoms with van der Waals surface area (Å²) in [7, 11) is 0. The molecule has 2 aromatic carbocycles. The average Bonchev–Trinajstić information content (AvgIpc) is 3.16. The summed E-state index contributed by atoms with van der Waals surface area (Å²) in [5, 5.41) is 19.6. The van der Waals surface area contributed by atoms with Crippen LogP contribution in [0.3, 0.4) is 0 Å². The second-order valence-corrected chi connectivity index (χ2v) is 9.27. The molecule has 2 N–H and O–H groups in total. The first-order valence-electron chi connectivity index (χ1n) is 13.3. The lowest BCUT2D eigenvalue weighted by atomic mass is 10.0. The molecule has 39 heavy (non-hydrogen) atoms. The first-order chi connectivity index (χ1) is 18.9. The molecular weight excluding hydrogens is 492 g/mol. The highest BCUT2D eigenvalue weighted by atomic mass is 16.5. The van der Waals surface area contributed by atoms with Gasteiger partial charge in [0.15, 0.2) is 0 Å². The Morgan fingerprint density at radius 2 is 1.90 bits per heavy atom. The molecule has 2 aliphatic rings. The Labute approximate surface area is 229 Å². The van der Waals surface area contributed by atoms with Crippen molar-refractivity contribution in [1.29, 1.82) is 5.26 Å². The number of nitriles is 1. The summed E-state index contributed by atoms with van der Waals surface area (Å²) in [6.07, 6.45) is 3.72. The second kappa shape index (κ2) is 12.4. The zero-order valence-electron chi connectivity index (χ0n) is 22.8. The van der Waals surface area contributed by atoms with Crippen LogP contribution in [0.1, 0.15) is 48.0 Å². The van der Waals surface area contributed by atoms with Crippen LogP contribution in [0.25, 0.3) is 0 Å². The Balaban J connectivity index is 0.00000172. The number of carbonyl (C=O) groups is 2. The molecule has 1 unspecified atom stereocenters. The van der Waals surface area contributed by atoms with E-state index in [1.54, 1.807) is 19.1 Å². The van der Waals surface area contributed by atoms with Crippen molar-refractivity contribution < 1.29 is 14.1 Å². The van der Waals surface area contributed by atoms with Gasteiger partial charge >= 0.3 is 0 Å². The van der Waals surface area contributed by atoms with Crippen molar-refractivity contribution in [2.45, 2.75) is 40.2 Å². The Morgan fingerprint density at radius 1 is 1.15 bits per heavy atom. The predicted octanol–water partition coefficient (Wildman–Crippen LogP) is 4.74. The van der Waals surface area contributed by atoms with Gasteiger partial charge in [-0.2, -0.15) is 5.26 Å². The molecule has 1 aromatic heterocycles. The number of benzene rings is 2. The molecule has 3 aromatic rings. The summed E-state index contributed by atoms with van der Waals surface area (Å²) in [4.78, 5) is 29.2. The SMILES string of the molecule is CC.Cc1noc(C)c1CC(=O)Nc1ccc(N2CCN(C3C=CC(=O)Nc4ccccc43)CC2)c(C#N)c1. The van der Waals surface area contributed by atoms with E-state index in [0.29, 0.717) is 22.7 Å². The molecule has 9 nitrogen and oxygen atoms in total. The lowest BCUT2D eigenvalue weighted by molar-refractivity contribution is -0.115. The Kier molecular flexibility index (Phi) is 8.79. The molecule has 0 radical (unpaired) electrons. The highest BCUT2D eigenvalue weighted by molar-refractivity contribution is 6.00. The van der Waals surface area contributed by atoms with Crippen LogP contribution in [0.15, 0.2) is 59.1 Å². The fourth-order valence-electron chi connectivity index (χ4n) is 4.98. The van der Waals surface area contributed by atoms with E-state index >= 15 is 0 Å². The minimum absolute atomic E-state index is 0.00280. The zero-order chi connectivity index (χ0) is 27.9. The molecule has 9 heteroatoms. The van der Waals surface area contributed by atoms with Crippen LogP contribution in [0.5, 0.6) is 0 Å². The van der Waals surface area contributed by atoms with E-state index in [1.165, 1.54) is 0 Å². The normalized spacial score (nSPS) is 16.7. The van der Waals surface area contributed by atoms with Crippen LogP contribution in [0, 0.1) is 25.2 Å². The van der Waals surface area contributed by atoms with E-state index in [1.807, 2.05) is 57.2 Å². The van der Waals surface area contributed by atoms with Crippen molar-refractivity contribution in [2.75, 3.05) is 41.7 Å². The number of nitrogens with zero attached hydrogens (tertiary/aromatic N) is 4. The fourth-order valence-corrected chi connectivity index (χ4v) is 4.98. The Hall–Kier alpha value is -4.42. The second-order valence-electron chi connectivity index (χ2n) is 9.27. The van der Waals surface area contributed by atoms with Crippen LogP contribution < -0.4 is 15.5 Å². The molecule has 0 saturated carbocycles. The molecule has 5 rings (SSSR count). The molecule has 0 spiro atoms. The van der Waals surface area contributed by atoms with Gasteiger partial charge in [0, 0.05) is 49.2 Å². The number of carbonyl (C=O) groups excluding carboxylic acids is 2. The Bertz CT molecular complexity index is 1390. The number of hydrogen-bond acceptors (Lipinski definition) is 7. The molecule has 2 amide bonds. The van der Waals surface area contributed by atoms with Gasteiger partial charge in [0.25, 0.3) is 0 Å². The van der Waals surface area contributed by atoms with Gasteiger partial charge in [-0.05, 0) is 43.7 Å². The summed E-state index contributed by atoms with van der Waals surface area (Å²) in [6, 6.07) is 15.6. The van der Waals surface area contributed by atoms with Gasteiger partial charge in [-0.3, -0.25) is 14.5 Å². The van der Waals surface area contributed by atoms with Gasteiger partial charge in [-0.25, -0.2) is 0 Å². The van der Waals surface area contributed by atoms with Crippen LogP contribution >= 0.6 is 0 Å². The van der Waals surface area contributed by atoms with Crippen LogP contribution in [-0.2, 0) is 16.0 Å². The largest absolute Gasteiger partial charge is 0.368 e.